The lowest BCUT2D eigenvalue weighted by molar-refractivity contribution is -0.151. The quantitative estimate of drug-likeness (QED) is 0.437. The molecule has 0 saturated carbocycles. The molecule has 37 heavy (non-hydrogen) atoms. The third kappa shape index (κ3) is 4.33. The van der Waals surface area contributed by atoms with Crippen LogP contribution >= 0.6 is 0 Å². The van der Waals surface area contributed by atoms with Crippen molar-refractivity contribution in [3.63, 3.8) is 0 Å². The summed E-state index contributed by atoms with van der Waals surface area (Å²) < 4.78 is 49.3. The van der Waals surface area contributed by atoms with Gasteiger partial charge in [-0.3, -0.25) is 4.79 Å². The molecule has 0 amide bonds. The molecule has 3 heterocycles. The van der Waals surface area contributed by atoms with Crippen LogP contribution in [0.3, 0.4) is 0 Å². The number of halogens is 3. The maximum absolute atomic E-state index is 14.1. The number of aromatic nitrogens is 2. The Labute approximate surface area is 213 Å². The predicted octanol–water partition coefficient (Wildman–Crippen LogP) is 5.31. The van der Waals surface area contributed by atoms with Crippen LogP contribution in [0, 0.1) is 24.4 Å². The summed E-state index contributed by atoms with van der Waals surface area (Å²) >= 11 is 0. The van der Waals surface area contributed by atoms with Gasteiger partial charge in [0.2, 0.25) is 0 Å². The van der Waals surface area contributed by atoms with Crippen LogP contribution in [0.5, 0.6) is 5.75 Å². The van der Waals surface area contributed by atoms with Crippen LogP contribution in [0.4, 0.5) is 13.2 Å². The number of allylic oxidation sites excluding steroid dienone is 1. The number of methoxy groups -OCH3 is 1. The van der Waals surface area contributed by atoms with Crippen LogP contribution < -0.4 is 4.74 Å². The standard InChI is InChI=1S/C28H27F3N4O2/c1-18-16-33(17-32-18)24-9-7-19(12-25(24)37-3)6-8-21-15-26(36)28(2,35-11-5-4-10-34(21)35)20-13-22(29)27(31)23(30)14-20/h6-9,12-17H,4-5,10-11H2,1-3H3. The van der Waals surface area contributed by atoms with Gasteiger partial charge in [0.05, 0.1) is 30.5 Å². The Balaban J connectivity index is 1.49. The fourth-order valence-electron chi connectivity index (χ4n) is 4.98. The number of fused-ring (bicyclic) bond motifs is 1. The zero-order valence-corrected chi connectivity index (χ0v) is 20.8. The van der Waals surface area contributed by atoms with E-state index in [1.807, 2.05) is 58.1 Å². The molecule has 6 nitrogen and oxygen atoms in total. The molecule has 0 N–H and O–H groups in total. The molecule has 5 rings (SSSR count). The number of imidazole rings is 1. The lowest BCUT2D eigenvalue weighted by Crippen LogP contribution is -2.61. The number of hydrogen-bond acceptors (Lipinski definition) is 5. The van der Waals surface area contributed by atoms with Gasteiger partial charge in [-0.05, 0) is 68.2 Å². The SMILES string of the molecule is COc1cc(C=CC2=CC(=O)C(C)(c3cc(F)c(F)c(F)c3)N3CCCCN23)ccc1-n1cnc(C)c1. The molecule has 3 aromatic rings. The van der Waals surface area contributed by atoms with Crippen molar-refractivity contribution in [1.82, 2.24) is 19.6 Å². The van der Waals surface area contributed by atoms with Gasteiger partial charge >= 0.3 is 0 Å². The van der Waals surface area contributed by atoms with Crippen molar-refractivity contribution in [2.75, 3.05) is 20.2 Å². The molecule has 0 spiro atoms. The number of hydrogen-bond donors (Lipinski definition) is 0. The highest BCUT2D eigenvalue weighted by atomic mass is 19.2. The van der Waals surface area contributed by atoms with Gasteiger partial charge in [0, 0.05) is 25.4 Å². The Morgan fingerprint density at radius 1 is 1.05 bits per heavy atom. The summed E-state index contributed by atoms with van der Waals surface area (Å²) in [6.45, 7) is 4.68. The molecular formula is C28H27F3N4O2. The van der Waals surface area contributed by atoms with Crippen LogP contribution in [-0.4, -0.2) is 45.6 Å². The van der Waals surface area contributed by atoms with Crippen molar-refractivity contribution < 1.29 is 22.7 Å². The molecule has 2 aliphatic rings. The van der Waals surface area contributed by atoms with Crippen molar-refractivity contribution in [3.8, 4) is 11.4 Å². The lowest BCUT2D eigenvalue weighted by Gasteiger charge is -2.52. The van der Waals surface area contributed by atoms with Crippen LogP contribution in [0.1, 0.15) is 36.6 Å². The van der Waals surface area contributed by atoms with Gasteiger partial charge < -0.3 is 14.3 Å². The molecule has 2 aliphatic heterocycles. The van der Waals surface area contributed by atoms with E-state index >= 15 is 0 Å². The number of benzene rings is 2. The summed E-state index contributed by atoms with van der Waals surface area (Å²) in [4.78, 5) is 17.7. The number of ketones is 1. The van der Waals surface area contributed by atoms with Gasteiger partial charge in [0.1, 0.15) is 11.3 Å². The van der Waals surface area contributed by atoms with E-state index in [2.05, 4.69) is 4.98 Å². The maximum atomic E-state index is 14.1. The average Bonchev–Trinajstić information content (AvgIpc) is 3.33. The largest absolute Gasteiger partial charge is 0.495 e. The lowest BCUT2D eigenvalue weighted by atomic mass is 9.83. The minimum absolute atomic E-state index is 0.0788. The van der Waals surface area contributed by atoms with E-state index in [0.29, 0.717) is 24.5 Å². The minimum Gasteiger partial charge on any atom is -0.495 e. The Hall–Kier alpha value is -3.85. The van der Waals surface area contributed by atoms with Gasteiger partial charge in [0.15, 0.2) is 23.2 Å². The van der Waals surface area contributed by atoms with Crippen LogP contribution in [0.25, 0.3) is 11.8 Å². The third-order valence-corrected chi connectivity index (χ3v) is 7.04. The first-order chi connectivity index (χ1) is 17.7. The number of hydrazine groups is 1. The van der Waals surface area contributed by atoms with Crippen LogP contribution in [-0.2, 0) is 10.3 Å². The molecule has 2 aromatic carbocycles. The maximum Gasteiger partial charge on any atom is 0.194 e. The van der Waals surface area contributed by atoms with Crippen LogP contribution in [0.2, 0.25) is 0 Å². The summed E-state index contributed by atoms with van der Waals surface area (Å²) in [7, 11) is 1.60. The van der Waals surface area contributed by atoms with Gasteiger partial charge in [0.25, 0.3) is 0 Å². The second-order valence-corrected chi connectivity index (χ2v) is 9.40. The topological polar surface area (TPSA) is 50.6 Å². The molecule has 0 radical (unpaired) electrons. The Morgan fingerprint density at radius 2 is 1.78 bits per heavy atom. The second-order valence-electron chi connectivity index (χ2n) is 9.40. The van der Waals surface area contributed by atoms with Crippen molar-refractivity contribution in [3.05, 3.63) is 95.0 Å². The highest BCUT2D eigenvalue weighted by molar-refractivity contribution is 6.00. The molecule has 1 unspecified atom stereocenters. The monoisotopic (exact) mass is 508 g/mol. The number of aryl methyl sites for hydroxylation is 1. The van der Waals surface area contributed by atoms with Crippen molar-refractivity contribution in [1.29, 1.82) is 0 Å². The Morgan fingerprint density at radius 3 is 2.46 bits per heavy atom. The summed E-state index contributed by atoms with van der Waals surface area (Å²) in [5.74, 6) is -3.84. The molecular weight excluding hydrogens is 481 g/mol. The molecule has 1 fully saturated rings. The number of carbonyl (C=O) groups is 1. The van der Waals surface area contributed by atoms with E-state index in [9.17, 15) is 18.0 Å². The summed E-state index contributed by atoms with van der Waals surface area (Å²) in [5.41, 5.74) is 1.99. The summed E-state index contributed by atoms with van der Waals surface area (Å²) in [6.07, 6.45) is 10.6. The van der Waals surface area contributed by atoms with E-state index in [0.717, 1.165) is 41.9 Å². The molecule has 9 heteroatoms. The van der Waals surface area contributed by atoms with E-state index in [1.165, 1.54) is 6.08 Å². The van der Waals surface area contributed by atoms with Gasteiger partial charge in [-0.25, -0.2) is 23.2 Å². The number of carbonyl (C=O) groups excluding carboxylic acids is 1. The molecule has 1 aromatic heterocycles. The normalized spacial score (nSPS) is 20.3. The molecule has 1 saturated heterocycles. The molecule has 192 valence electrons. The third-order valence-electron chi connectivity index (χ3n) is 7.04. The second kappa shape index (κ2) is 9.55. The number of rotatable bonds is 5. The van der Waals surface area contributed by atoms with Crippen molar-refractivity contribution >= 4 is 11.9 Å². The van der Waals surface area contributed by atoms with E-state index < -0.39 is 23.0 Å². The van der Waals surface area contributed by atoms with Gasteiger partial charge in [-0.2, -0.15) is 0 Å². The number of ether oxygens (including phenoxy) is 1. The van der Waals surface area contributed by atoms with Gasteiger partial charge in [-0.1, -0.05) is 12.1 Å². The minimum atomic E-state index is -1.55. The summed E-state index contributed by atoms with van der Waals surface area (Å²) in [6, 6.07) is 7.59. The Kier molecular flexibility index (Phi) is 6.41. The van der Waals surface area contributed by atoms with E-state index in [1.54, 1.807) is 20.4 Å². The smallest absolute Gasteiger partial charge is 0.194 e. The van der Waals surface area contributed by atoms with Crippen LogP contribution in [0.15, 0.2) is 60.7 Å². The highest BCUT2D eigenvalue weighted by Gasteiger charge is 2.47. The Bertz CT molecular complexity index is 1410. The first-order valence-electron chi connectivity index (χ1n) is 12.1. The summed E-state index contributed by atoms with van der Waals surface area (Å²) in [5, 5.41) is 3.79. The zero-order valence-electron chi connectivity index (χ0n) is 20.8. The number of nitrogens with zero attached hydrogens (tertiary/aromatic N) is 4. The van der Waals surface area contributed by atoms with E-state index in [-0.39, 0.29) is 11.3 Å². The van der Waals surface area contributed by atoms with E-state index in [4.69, 9.17) is 4.74 Å². The predicted molar refractivity (Wildman–Crippen MR) is 133 cm³/mol. The van der Waals surface area contributed by atoms with Crippen molar-refractivity contribution in [2.45, 2.75) is 32.2 Å². The average molecular weight is 509 g/mol. The molecule has 0 aliphatic carbocycles. The van der Waals surface area contributed by atoms with Gasteiger partial charge in [-0.15, -0.1) is 0 Å². The first kappa shape index (κ1) is 24.8. The fourth-order valence-corrected chi connectivity index (χ4v) is 4.98. The first-order valence-corrected chi connectivity index (χ1v) is 12.1. The fraction of sp³-hybridized carbons (Fsp3) is 0.286. The molecule has 1 atom stereocenters. The zero-order chi connectivity index (χ0) is 26.3. The molecule has 0 bridgehead atoms. The van der Waals surface area contributed by atoms with Crippen molar-refractivity contribution in [2.24, 2.45) is 0 Å². The highest BCUT2D eigenvalue weighted by Crippen LogP contribution is 2.40.